The first kappa shape index (κ1) is 15.6. The van der Waals surface area contributed by atoms with Crippen LogP contribution < -0.4 is 0 Å². The highest BCUT2D eigenvalue weighted by molar-refractivity contribution is 14.1. The summed E-state index contributed by atoms with van der Waals surface area (Å²) in [4.78, 5) is 25.7. The lowest BCUT2D eigenvalue weighted by Gasteiger charge is -2.45. The van der Waals surface area contributed by atoms with E-state index >= 15 is 0 Å². The third kappa shape index (κ3) is 2.93. The number of carbonyl (C=O) groups excluding carboxylic acids is 2. The van der Waals surface area contributed by atoms with Gasteiger partial charge in [-0.05, 0) is 18.4 Å². The zero-order chi connectivity index (χ0) is 15.6. The number of halogens is 1. The maximum absolute atomic E-state index is 12.5. The molecule has 0 saturated carbocycles. The number of likely N-dealkylation sites (tertiary alicyclic amines) is 1. The highest BCUT2D eigenvalue weighted by atomic mass is 127. The SMILES string of the molecule is O=C1CC[C@]2(O1)[C@H](I)CCCN2C(=O)OCc1ccccc1. The number of rotatable bonds is 2. The van der Waals surface area contributed by atoms with Crippen molar-refractivity contribution in [1.82, 2.24) is 4.90 Å². The minimum Gasteiger partial charge on any atom is -0.444 e. The molecule has 6 heteroatoms. The van der Waals surface area contributed by atoms with Crippen molar-refractivity contribution in [1.29, 1.82) is 0 Å². The van der Waals surface area contributed by atoms with Crippen LogP contribution in [0.5, 0.6) is 0 Å². The van der Waals surface area contributed by atoms with E-state index in [2.05, 4.69) is 22.6 Å². The Labute approximate surface area is 143 Å². The van der Waals surface area contributed by atoms with Gasteiger partial charge >= 0.3 is 12.1 Å². The predicted molar refractivity (Wildman–Crippen MR) is 88.4 cm³/mol. The van der Waals surface area contributed by atoms with Gasteiger partial charge < -0.3 is 9.47 Å². The predicted octanol–water partition coefficient (Wildman–Crippen LogP) is 3.26. The summed E-state index contributed by atoms with van der Waals surface area (Å²) in [7, 11) is 0. The molecule has 2 aliphatic heterocycles. The minimum atomic E-state index is -0.816. The standard InChI is InChI=1S/C16H18INO4/c17-13-7-4-10-18(16(13)9-8-14(19)22-16)15(20)21-11-12-5-2-1-3-6-12/h1-3,5-6,13H,4,7-11H2/t13-,16+/m1/s1. The Morgan fingerprint density at radius 3 is 2.86 bits per heavy atom. The van der Waals surface area contributed by atoms with E-state index in [-0.39, 0.29) is 16.5 Å². The van der Waals surface area contributed by atoms with Crippen molar-refractivity contribution >= 4 is 34.7 Å². The van der Waals surface area contributed by atoms with Crippen LogP contribution in [0.2, 0.25) is 0 Å². The molecule has 2 aliphatic rings. The molecule has 0 N–H and O–H groups in total. The fourth-order valence-electron chi connectivity index (χ4n) is 3.05. The number of piperidine rings is 1. The van der Waals surface area contributed by atoms with Gasteiger partial charge in [0.1, 0.15) is 6.61 Å². The number of esters is 1. The van der Waals surface area contributed by atoms with E-state index in [4.69, 9.17) is 9.47 Å². The summed E-state index contributed by atoms with van der Waals surface area (Å²) >= 11 is 2.28. The van der Waals surface area contributed by atoms with Gasteiger partial charge in [-0.15, -0.1) is 0 Å². The normalized spacial score (nSPS) is 27.8. The summed E-state index contributed by atoms with van der Waals surface area (Å²) in [6.07, 6.45) is 2.35. The van der Waals surface area contributed by atoms with Gasteiger partial charge in [-0.3, -0.25) is 9.69 Å². The number of amides is 1. The lowest BCUT2D eigenvalue weighted by atomic mass is 9.96. The smallest absolute Gasteiger partial charge is 0.413 e. The fourth-order valence-corrected chi connectivity index (χ4v) is 4.26. The number of benzene rings is 1. The van der Waals surface area contributed by atoms with Crippen LogP contribution in [0.1, 0.15) is 31.2 Å². The highest BCUT2D eigenvalue weighted by Crippen LogP contribution is 2.42. The van der Waals surface area contributed by atoms with Gasteiger partial charge in [-0.1, -0.05) is 52.9 Å². The summed E-state index contributed by atoms with van der Waals surface area (Å²) in [5, 5.41) is 0. The highest BCUT2D eigenvalue weighted by Gasteiger charge is 2.54. The quantitative estimate of drug-likeness (QED) is 0.423. The van der Waals surface area contributed by atoms with Gasteiger partial charge in [0.2, 0.25) is 5.72 Å². The molecule has 2 heterocycles. The van der Waals surface area contributed by atoms with Crippen molar-refractivity contribution < 1.29 is 19.1 Å². The third-order valence-corrected chi connectivity index (χ3v) is 5.79. The molecule has 0 radical (unpaired) electrons. The molecule has 5 nitrogen and oxygen atoms in total. The van der Waals surface area contributed by atoms with Gasteiger partial charge in [0.05, 0.1) is 10.3 Å². The number of hydrogen-bond acceptors (Lipinski definition) is 4. The van der Waals surface area contributed by atoms with E-state index in [0.29, 0.717) is 19.4 Å². The second kappa shape index (κ2) is 6.44. The second-order valence-corrected chi connectivity index (χ2v) is 7.12. The van der Waals surface area contributed by atoms with Crippen LogP contribution >= 0.6 is 22.6 Å². The molecular formula is C16H18INO4. The first-order valence-corrected chi connectivity index (χ1v) is 8.70. The number of hydrogen-bond donors (Lipinski definition) is 0. The molecule has 3 rings (SSSR count). The monoisotopic (exact) mass is 415 g/mol. The Morgan fingerprint density at radius 1 is 1.41 bits per heavy atom. The van der Waals surface area contributed by atoms with Crippen molar-refractivity contribution in [3.63, 3.8) is 0 Å². The van der Waals surface area contributed by atoms with E-state index in [9.17, 15) is 9.59 Å². The van der Waals surface area contributed by atoms with E-state index in [1.165, 1.54) is 0 Å². The zero-order valence-electron chi connectivity index (χ0n) is 12.2. The number of carbonyl (C=O) groups is 2. The van der Waals surface area contributed by atoms with Crippen LogP contribution in [-0.2, 0) is 20.9 Å². The first-order valence-electron chi connectivity index (χ1n) is 7.46. The molecule has 0 aliphatic carbocycles. The van der Waals surface area contributed by atoms with Crippen molar-refractivity contribution in [2.75, 3.05) is 6.54 Å². The summed E-state index contributed by atoms with van der Waals surface area (Å²) < 4.78 is 11.1. The number of nitrogens with zero attached hydrogens (tertiary/aromatic N) is 1. The molecule has 118 valence electrons. The van der Waals surface area contributed by atoms with E-state index in [1.807, 2.05) is 30.3 Å². The van der Waals surface area contributed by atoms with Crippen LogP contribution in [0.25, 0.3) is 0 Å². The summed E-state index contributed by atoms with van der Waals surface area (Å²) in [5.74, 6) is -0.232. The molecule has 2 fully saturated rings. The van der Waals surface area contributed by atoms with Gasteiger partial charge in [0, 0.05) is 13.0 Å². The van der Waals surface area contributed by atoms with E-state index in [1.54, 1.807) is 4.90 Å². The minimum absolute atomic E-state index is 0.106. The van der Waals surface area contributed by atoms with Gasteiger partial charge in [0.25, 0.3) is 0 Å². The van der Waals surface area contributed by atoms with Crippen molar-refractivity contribution in [3.05, 3.63) is 35.9 Å². The maximum Gasteiger partial charge on any atom is 0.413 e. The number of ether oxygens (including phenoxy) is 2. The van der Waals surface area contributed by atoms with E-state index in [0.717, 1.165) is 18.4 Å². The van der Waals surface area contributed by atoms with E-state index < -0.39 is 11.8 Å². The molecule has 0 bridgehead atoms. The topological polar surface area (TPSA) is 55.8 Å². The molecule has 2 saturated heterocycles. The molecule has 22 heavy (non-hydrogen) atoms. The Morgan fingerprint density at radius 2 is 2.18 bits per heavy atom. The fraction of sp³-hybridized carbons (Fsp3) is 0.500. The van der Waals surface area contributed by atoms with Gasteiger partial charge in [-0.2, -0.15) is 0 Å². The molecule has 1 aromatic rings. The second-order valence-electron chi connectivity index (χ2n) is 5.62. The summed E-state index contributed by atoms with van der Waals surface area (Å²) in [6, 6.07) is 9.56. The molecule has 0 aromatic heterocycles. The van der Waals surface area contributed by atoms with Crippen LogP contribution in [0.4, 0.5) is 4.79 Å². The van der Waals surface area contributed by atoms with Crippen LogP contribution in [-0.4, -0.2) is 33.2 Å². The molecule has 1 spiro atoms. The average molecular weight is 415 g/mol. The third-order valence-electron chi connectivity index (χ3n) is 4.19. The molecule has 1 aromatic carbocycles. The first-order chi connectivity index (χ1) is 10.6. The molecule has 0 unspecified atom stereocenters. The average Bonchev–Trinajstić information content (AvgIpc) is 2.91. The number of alkyl halides is 1. The Balaban J connectivity index is 1.71. The lowest BCUT2D eigenvalue weighted by molar-refractivity contribution is -0.167. The molecule has 2 atom stereocenters. The van der Waals surface area contributed by atoms with Gasteiger partial charge in [0.15, 0.2) is 0 Å². The molecule has 1 amide bonds. The summed E-state index contributed by atoms with van der Waals surface area (Å²) in [6.45, 7) is 0.798. The van der Waals surface area contributed by atoms with Gasteiger partial charge in [-0.25, -0.2) is 4.79 Å². The van der Waals surface area contributed by atoms with Crippen LogP contribution in [0.15, 0.2) is 30.3 Å². The zero-order valence-corrected chi connectivity index (χ0v) is 14.3. The van der Waals surface area contributed by atoms with Crippen LogP contribution in [0, 0.1) is 0 Å². The van der Waals surface area contributed by atoms with Crippen molar-refractivity contribution in [2.45, 2.75) is 41.9 Å². The Kier molecular flexibility index (Phi) is 4.56. The lowest BCUT2D eigenvalue weighted by Crippen LogP contribution is -2.60. The Bertz CT molecular complexity index is 565. The van der Waals surface area contributed by atoms with Crippen LogP contribution in [0.3, 0.4) is 0 Å². The largest absolute Gasteiger partial charge is 0.444 e. The van der Waals surface area contributed by atoms with Crippen molar-refractivity contribution in [2.24, 2.45) is 0 Å². The Hall–Kier alpha value is -1.31. The maximum atomic E-state index is 12.5. The molecular weight excluding hydrogens is 397 g/mol. The summed E-state index contributed by atoms with van der Waals surface area (Å²) in [5.41, 5.74) is 0.125. The van der Waals surface area contributed by atoms with Crippen molar-refractivity contribution in [3.8, 4) is 0 Å².